The first-order valence-electron chi connectivity index (χ1n) is 8.07. The predicted octanol–water partition coefficient (Wildman–Crippen LogP) is 3.66. The topological polar surface area (TPSA) is 87.7 Å². The molecular weight excluding hydrogens is 413 g/mol. The van der Waals surface area contributed by atoms with Crippen molar-refractivity contribution in [2.75, 3.05) is 36.9 Å². The summed E-state index contributed by atoms with van der Waals surface area (Å²) in [4.78, 5) is 12.1. The number of nitrogens with zero attached hydrogens (tertiary/aromatic N) is 1. The minimum atomic E-state index is -3.78. The van der Waals surface area contributed by atoms with E-state index in [1.165, 1.54) is 22.5 Å². The van der Waals surface area contributed by atoms with E-state index in [4.69, 9.17) is 27.9 Å². The number of nitrogens with one attached hydrogen (secondary N) is 2. The third kappa shape index (κ3) is 4.91. The van der Waals surface area contributed by atoms with Crippen molar-refractivity contribution in [1.29, 1.82) is 0 Å². The monoisotopic (exact) mass is 429 g/mol. The van der Waals surface area contributed by atoms with Crippen LogP contribution in [0, 0.1) is 0 Å². The van der Waals surface area contributed by atoms with Gasteiger partial charge in [-0.15, -0.1) is 0 Å². The van der Waals surface area contributed by atoms with Gasteiger partial charge in [-0.1, -0.05) is 29.3 Å². The Hall–Kier alpha value is -1.84. The number of ether oxygens (including phenoxy) is 1. The number of urea groups is 1. The lowest BCUT2D eigenvalue weighted by molar-refractivity contribution is 0.0730. The number of benzene rings is 2. The van der Waals surface area contributed by atoms with Crippen molar-refractivity contribution in [2.24, 2.45) is 0 Å². The summed E-state index contributed by atoms with van der Waals surface area (Å²) in [6.45, 7) is 1.17. The van der Waals surface area contributed by atoms with Crippen molar-refractivity contribution >= 4 is 50.6 Å². The molecule has 0 aromatic heterocycles. The first-order valence-corrected chi connectivity index (χ1v) is 10.3. The van der Waals surface area contributed by atoms with Crippen molar-refractivity contribution in [2.45, 2.75) is 4.90 Å². The van der Waals surface area contributed by atoms with Crippen LogP contribution < -0.4 is 10.6 Å². The molecule has 2 N–H and O–H groups in total. The normalized spacial score (nSPS) is 15.3. The summed E-state index contributed by atoms with van der Waals surface area (Å²) in [7, 11) is -3.78. The average molecular weight is 430 g/mol. The van der Waals surface area contributed by atoms with Crippen molar-refractivity contribution in [1.82, 2.24) is 4.31 Å². The molecule has 1 saturated heterocycles. The molecule has 1 fully saturated rings. The lowest BCUT2D eigenvalue weighted by Crippen LogP contribution is -2.40. The number of hydrogen-bond acceptors (Lipinski definition) is 4. The van der Waals surface area contributed by atoms with Gasteiger partial charge in [-0.05, 0) is 36.4 Å². The molecule has 0 spiro atoms. The quantitative estimate of drug-likeness (QED) is 0.775. The standard InChI is InChI=1S/C17H17Cl2N3O4S/c18-12-2-1-3-13(10-12)20-17(23)21-14-4-5-15(19)16(11-14)27(24,25)22-6-8-26-9-7-22/h1-5,10-11H,6-9H2,(H2,20,21,23). The molecule has 0 radical (unpaired) electrons. The number of carbonyl (C=O) groups excluding carboxylic acids is 1. The van der Waals surface area contributed by atoms with E-state index < -0.39 is 16.1 Å². The average Bonchev–Trinajstić information content (AvgIpc) is 2.64. The fourth-order valence-corrected chi connectivity index (χ4v) is 4.66. The molecule has 7 nitrogen and oxygen atoms in total. The molecule has 1 aliphatic rings. The van der Waals surface area contributed by atoms with Gasteiger partial charge in [-0.2, -0.15) is 4.31 Å². The van der Waals surface area contributed by atoms with Crippen LogP contribution in [0.3, 0.4) is 0 Å². The minimum absolute atomic E-state index is 0.0633. The summed E-state index contributed by atoms with van der Waals surface area (Å²) in [5, 5.41) is 5.79. The number of sulfonamides is 1. The summed E-state index contributed by atoms with van der Waals surface area (Å²) >= 11 is 12.0. The third-order valence-corrected chi connectivity index (χ3v) is 6.47. The van der Waals surface area contributed by atoms with Crippen molar-refractivity contribution in [3.63, 3.8) is 0 Å². The fraction of sp³-hybridized carbons (Fsp3) is 0.235. The van der Waals surface area contributed by atoms with Gasteiger partial charge in [0.1, 0.15) is 4.90 Å². The molecule has 10 heteroatoms. The van der Waals surface area contributed by atoms with Crippen LogP contribution in [0.2, 0.25) is 10.0 Å². The van der Waals surface area contributed by atoms with Crippen molar-refractivity contribution in [3.05, 3.63) is 52.5 Å². The first-order chi connectivity index (χ1) is 12.9. The van der Waals surface area contributed by atoms with Crippen LogP contribution in [0.1, 0.15) is 0 Å². The smallest absolute Gasteiger partial charge is 0.323 e. The molecule has 2 aromatic rings. The molecule has 0 atom stereocenters. The van der Waals surface area contributed by atoms with E-state index in [1.807, 2.05) is 0 Å². The summed E-state index contributed by atoms with van der Waals surface area (Å²) in [6, 6.07) is 10.4. The van der Waals surface area contributed by atoms with Crippen LogP contribution in [0.4, 0.5) is 16.2 Å². The van der Waals surface area contributed by atoms with Crippen LogP contribution >= 0.6 is 23.2 Å². The van der Waals surface area contributed by atoms with E-state index in [1.54, 1.807) is 24.3 Å². The van der Waals surface area contributed by atoms with E-state index in [0.717, 1.165) is 0 Å². The second-order valence-electron chi connectivity index (χ2n) is 5.75. The Labute approximate surface area is 167 Å². The van der Waals surface area contributed by atoms with Gasteiger partial charge in [-0.25, -0.2) is 13.2 Å². The highest BCUT2D eigenvalue weighted by molar-refractivity contribution is 7.89. The molecule has 27 heavy (non-hydrogen) atoms. The van der Waals surface area contributed by atoms with Crippen LogP contribution in [-0.4, -0.2) is 45.1 Å². The molecule has 1 aliphatic heterocycles. The van der Waals surface area contributed by atoms with Crippen molar-refractivity contribution < 1.29 is 17.9 Å². The van der Waals surface area contributed by atoms with Gasteiger partial charge in [0.15, 0.2) is 0 Å². The molecule has 0 saturated carbocycles. The molecule has 3 rings (SSSR count). The van der Waals surface area contributed by atoms with Gasteiger partial charge in [0.05, 0.1) is 18.2 Å². The van der Waals surface area contributed by atoms with Crippen LogP contribution in [0.15, 0.2) is 47.4 Å². The maximum absolute atomic E-state index is 12.8. The van der Waals surface area contributed by atoms with E-state index in [-0.39, 0.29) is 23.0 Å². The van der Waals surface area contributed by atoms with E-state index in [0.29, 0.717) is 29.6 Å². The Morgan fingerprint density at radius 3 is 2.33 bits per heavy atom. The highest BCUT2D eigenvalue weighted by Crippen LogP contribution is 2.28. The SMILES string of the molecule is O=C(Nc1cccc(Cl)c1)Nc1ccc(Cl)c(S(=O)(=O)N2CCOCC2)c1. The highest BCUT2D eigenvalue weighted by atomic mass is 35.5. The Morgan fingerprint density at radius 1 is 1.00 bits per heavy atom. The largest absolute Gasteiger partial charge is 0.379 e. The molecule has 0 aliphatic carbocycles. The number of hydrogen-bond donors (Lipinski definition) is 2. The number of rotatable bonds is 4. The Kier molecular flexibility index (Phi) is 6.23. The zero-order valence-electron chi connectivity index (χ0n) is 14.1. The molecule has 144 valence electrons. The van der Waals surface area contributed by atoms with Gasteiger partial charge in [0.2, 0.25) is 10.0 Å². The number of amides is 2. The second-order valence-corrected chi connectivity index (χ2v) is 8.50. The molecule has 0 unspecified atom stereocenters. The van der Waals surface area contributed by atoms with Gasteiger partial charge < -0.3 is 15.4 Å². The Balaban J connectivity index is 1.77. The third-order valence-electron chi connectivity index (χ3n) is 3.86. The molecule has 2 amide bonds. The summed E-state index contributed by atoms with van der Waals surface area (Å²) in [6.07, 6.45) is 0. The Bertz CT molecular complexity index is 947. The van der Waals surface area contributed by atoms with E-state index in [2.05, 4.69) is 10.6 Å². The van der Waals surface area contributed by atoms with Gasteiger partial charge in [-0.3, -0.25) is 0 Å². The highest BCUT2D eigenvalue weighted by Gasteiger charge is 2.28. The summed E-state index contributed by atoms with van der Waals surface area (Å²) in [5.74, 6) is 0. The van der Waals surface area contributed by atoms with Gasteiger partial charge >= 0.3 is 6.03 Å². The number of halogens is 2. The number of morpholine rings is 1. The molecule has 0 bridgehead atoms. The van der Waals surface area contributed by atoms with Crippen LogP contribution in [-0.2, 0) is 14.8 Å². The zero-order chi connectivity index (χ0) is 19.4. The van der Waals surface area contributed by atoms with E-state index in [9.17, 15) is 13.2 Å². The van der Waals surface area contributed by atoms with E-state index >= 15 is 0 Å². The summed E-state index contributed by atoms with van der Waals surface area (Å²) in [5.41, 5.74) is 0.806. The van der Waals surface area contributed by atoms with Crippen molar-refractivity contribution in [3.8, 4) is 0 Å². The maximum atomic E-state index is 12.8. The number of anilines is 2. The molecule has 2 aromatic carbocycles. The van der Waals surface area contributed by atoms with Gasteiger partial charge in [0.25, 0.3) is 0 Å². The maximum Gasteiger partial charge on any atom is 0.323 e. The molecule has 1 heterocycles. The summed E-state index contributed by atoms with van der Waals surface area (Å²) < 4.78 is 32.1. The lowest BCUT2D eigenvalue weighted by Gasteiger charge is -2.26. The second kappa shape index (κ2) is 8.45. The van der Waals surface area contributed by atoms with Gasteiger partial charge in [0, 0.05) is 29.5 Å². The first kappa shape index (κ1) is 19.9. The number of carbonyl (C=O) groups is 1. The van der Waals surface area contributed by atoms with Crippen LogP contribution in [0.25, 0.3) is 0 Å². The minimum Gasteiger partial charge on any atom is -0.379 e. The molecular formula is C17H17Cl2N3O4S. The van der Waals surface area contributed by atoms with Crippen LogP contribution in [0.5, 0.6) is 0 Å². The fourth-order valence-electron chi connectivity index (χ4n) is 2.56. The lowest BCUT2D eigenvalue weighted by atomic mass is 10.3. The zero-order valence-corrected chi connectivity index (χ0v) is 16.4. The predicted molar refractivity (Wildman–Crippen MR) is 105 cm³/mol. The Morgan fingerprint density at radius 2 is 1.67 bits per heavy atom.